The summed E-state index contributed by atoms with van der Waals surface area (Å²) in [6.07, 6.45) is 10.0. The van der Waals surface area contributed by atoms with Crippen molar-refractivity contribution in [1.82, 2.24) is 5.32 Å². The van der Waals surface area contributed by atoms with Gasteiger partial charge in [-0.3, -0.25) is 0 Å². The SMILES string of the molecule is Cl.NCCCNC(=O)OC1CC/C=C/CCC1. The highest BCUT2D eigenvalue weighted by molar-refractivity contribution is 5.85. The highest BCUT2D eigenvalue weighted by Gasteiger charge is 2.13. The highest BCUT2D eigenvalue weighted by atomic mass is 35.5. The molecule has 0 aromatic heterocycles. The van der Waals surface area contributed by atoms with Crippen LogP contribution in [0.15, 0.2) is 12.2 Å². The number of nitrogens with two attached hydrogens (primary N) is 1. The summed E-state index contributed by atoms with van der Waals surface area (Å²) in [5.41, 5.74) is 5.34. The fraction of sp³-hybridized carbons (Fsp3) is 0.750. The molecule has 0 fully saturated rings. The van der Waals surface area contributed by atoms with Gasteiger partial charge >= 0.3 is 6.09 Å². The van der Waals surface area contributed by atoms with Crippen LogP contribution in [0.5, 0.6) is 0 Å². The molecule has 0 saturated carbocycles. The van der Waals surface area contributed by atoms with Gasteiger partial charge in [-0.2, -0.15) is 0 Å². The molecule has 5 heteroatoms. The molecule has 0 heterocycles. The second kappa shape index (κ2) is 10.4. The molecule has 100 valence electrons. The zero-order chi connectivity index (χ0) is 11.6. The molecule has 1 amide bonds. The summed E-state index contributed by atoms with van der Waals surface area (Å²) >= 11 is 0. The molecule has 0 aliphatic heterocycles. The van der Waals surface area contributed by atoms with Gasteiger partial charge in [0.05, 0.1) is 0 Å². The lowest BCUT2D eigenvalue weighted by molar-refractivity contribution is 0.0864. The largest absolute Gasteiger partial charge is 0.446 e. The number of carbonyl (C=O) groups is 1. The Morgan fingerprint density at radius 3 is 2.88 bits per heavy atom. The van der Waals surface area contributed by atoms with Crippen molar-refractivity contribution in [2.45, 2.75) is 44.6 Å². The average Bonchev–Trinajstić information content (AvgIpc) is 2.22. The smallest absolute Gasteiger partial charge is 0.407 e. The zero-order valence-corrected chi connectivity index (χ0v) is 11.0. The molecule has 1 unspecified atom stereocenters. The van der Waals surface area contributed by atoms with Crippen molar-refractivity contribution in [3.05, 3.63) is 12.2 Å². The van der Waals surface area contributed by atoms with Gasteiger partial charge in [-0.25, -0.2) is 4.79 Å². The molecule has 0 aromatic rings. The number of halogens is 1. The van der Waals surface area contributed by atoms with Gasteiger partial charge < -0.3 is 15.8 Å². The first-order chi connectivity index (χ1) is 7.83. The van der Waals surface area contributed by atoms with Gasteiger partial charge in [0.1, 0.15) is 6.10 Å². The van der Waals surface area contributed by atoms with Gasteiger partial charge in [-0.05, 0) is 45.1 Å². The zero-order valence-electron chi connectivity index (χ0n) is 10.2. The van der Waals surface area contributed by atoms with Crippen molar-refractivity contribution in [3.63, 3.8) is 0 Å². The number of carbonyl (C=O) groups excluding carboxylic acids is 1. The number of nitrogens with one attached hydrogen (secondary N) is 1. The van der Waals surface area contributed by atoms with Crippen molar-refractivity contribution >= 4 is 18.5 Å². The van der Waals surface area contributed by atoms with Crippen molar-refractivity contribution in [2.24, 2.45) is 5.73 Å². The summed E-state index contributed by atoms with van der Waals surface area (Å²) < 4.78 is 5.35. The predicted molar refractivity (Wildman–Crippen MR) is 71.4 cm³/mol. The number of rotatable bonds is 4. The normalized spacial score (nSPS) is 21.6. The van der Waals surface area contributed by atoms with E-state index in [0.717, 1.165) is 38.5 Å². The van der Waals surface area contributed by atoms with Crippen LogP contribution < -0.4 is 11.1 Å². The molecule has 0 radical (unpaired) electrons. The Morgan fingerprint density at radius 2 is 2.12 bits per heavy atom. The van der Waals surface area contributed by atoms with Crippen LogP contribution in [-0.2, 0) is 4.74 Å². The lowest BCUT2D eigenvalue weighted by Crippen LogP contribution is -2.30. The van der Waals surface area contributed by atoms with E-state index in [0.29, 0.717) is 13.1 Å². The minimum Gasteiger partial charge on any atom is -0.446 e. The van der Waals surface area contributed by atoms with Crippen molar-refractivity contribution in [2.75, 3.05) is 13.1 Å². The number of ether oxygens (including phenoxy) is 1. The van der Waals surface area contributed by atoms with E-state index in [4.69, 9.17) is 10.5 Å². The third-order valence-electron chi connectivity index (χ3n) is 2.64. The van der Waals surface area contributed by atoms with Gasteiger partial charge in [-0.15, -0.1) is 12.4 Å². The lowest BCUT2D eigenvalue weighted by atomic mass is 10.0. The Kier molecular flexibility index (Phi) is 9.96. The van der Waals surface area contributed by atoms with E-state index in [9.17, 15) is 4.79 Å². The Morgan fingerprint density at radius 1 is 1.35 bits per heavy atom. The van der Waals surface area contributed by atoms with Crippen molar-refractivity contribution < 1.29 is 9.53 Å². The fourth-order valence-corrected chi connectivity index (χ4v) is 1.73. The minimum atomic E-state index is -0.303. The van der Waals surface area contributed by atoms with Gasteiger partial charge in [0.25, 0.3) is 0 Å². The van der Waals surface area contributed by atoms with E-state index >= 15 is 0 Å². The predicted octanol–water partition coefficient (Wildman–Crippen LogP) is 2.37. The standard InChI is InChI=1S/C12H22N2O2.ClH/c13-9-6-10-14-12(15)16-11-7-4-2-1-3-5-8-11;/h1-2,11H,3-10,13H2,(H,14,15);1H/b2-1+;. The highest BCUT2D eigenvalue weighted by Crippen LogP contribution is 2.15. The maximum absolute atomic E-state index is 11.4. The Bertz CT molecular complexity index is 235. The molecular formula is C12H23ClN2O2. The maximum Gasteiger partial charge on any atom is 0.407 e. The third kappa shape index (κ3) is 8.05. The quantitative estimate of drug-likeness (QED) is 0.604. The molecule has 1 atom stereocenters. The van der Waals surface area contributed by atoms with Crippen LogP contribution in [-0.4, -0.2) is 25.3 Å². The molecule has 0 saturated heterocycles. The molecule has 17 heavy (non-hydrogen) atoms. The molecule has 1 aliphatic carbocycles. The van der Waals surface area contributed by atoms with E-state index in [-0.39, 0.29) is 24.6 Å². The fourth-order valence-electron chi connectivity index (χ4n) is 1.73. The summed E-state index contributed by atoms with van der Waals surface area (Å²) in [6, 6.07) is 0. The van der Waals surface area contributed by atoms with Crippen LogP contribution in [0.1, 0.15) is 38.5 Å². The topological polar surface area (TPSA) is 64.3 Å². The molecule has 4 nitrogen and oxygen atoms in total. The second-order valence-corrected chi connectivity index (χ2v) is 4.08. The van der Waals surface area contributed by atoms with Crippen LogP contribution in [0.3, 0.4) is 0 Å². The van der Waals surface area contributed by atoms with E-state index in [2.05, 4.69) is 17.5 Å². The number of hydrogen-bond acceptors (Lipinski definition) is 3. The van der Waals surface area contributed by atoms with E-state index in [1.165, 1.54) is 0 Å². The molecule has 0 spiro atoms. The van der Waals surface area contributed by atoms with Gasteiger partial charge in [0.2, 0.25) is 0 Å². The molecule has 1 aliphatic rings. The number of hydrogen-bond donors (Lipinski definition) is 2. The minimum absolute atomic E-state index is 0. The van der Waals surface area contributed by atoms with E-state index in [1.54, 1.807) is 0 Å². The van der Waals surface area contributed by atoms with Crippen LogP contribution in [0.2, 0.25) is 0 Å². The van der Waals surface area contributed by atoms with Crippen molar-refractivity contribution in [3.8, 4) is 0 Å². The Hall–Kier alpha value is -0.740. The Labute approximate surface area is 109 Å². The Balaban J connectivity index is 0.00000256. The van der Waals surface area contributed by atoms with Gasteiger partial charge in [0.15, 0.2) is 0 Å². The van der Waals surface area contributed by atoms with E-state index in [1.807, 2.05) is 0 Å². The first kappa shape index (κ1) is 16.3. The van der Waals surface area contributed by atoms with Crippen LogP contribution in [0, 0.1) is 0 Å². The monoisotopic (exact) mass is 262 g/mol. The number of amides is 1. The van der Waals surface area contributed by atoms with Crippen LogP contribution >= 0.6 is 12.4 Å². The number of alkyl carbamates (subject to hydrolysis) is 1. The van der Waals surface area contributed by atoms with Crippen molar-refractivity contribution in [1.29, 1.82) is 0 Å². The second-order valence-electron chi connectivity index (χ2n) is 4.08. The third-order valence-corrected chi connectivity index (χ3v) is 2.64. The van der Waals surface area contributed by atoms with Gasteiger partial charge in [0, 0.05) is 6.54 Å². The van der Waals surface area contributed by atoms with Crippen LogP contribution in [0.25, 0.3) is 0 Å². The average molecular weight is 263 g/mol. The molecule has 1 rings (SSSR count). The molecule has 0 aromatic carbocycles. The summed E-state index contributed by atoms with van der Waals surface area (Å²) in [5.74, 6) is 0. The summed E-state index contributed by atoms with van der Waals surface area (Å²) in [4.78, 5) is 11.4. The van der Waals surface area contributed by atoms with E-state index < -0.39 is 0 Å². The first-order valence-electron chi connectivity index (χ1n) is 6.12. The first-order valence-corrected chi connectivity index (χ1v) is 6.12. The lowest BCUT2D eigenvalue weighted by Gasteiger charge is -2.18. The molecular weight excluding hydrogens is 240 g/mol. The molecule has 3 N–H and O–H groups in total. The summed E-state index contributed by atoms with van der Waals surface area (Å²) in [7, 11) is 0. The van der Waals surface area contributed by atoms with Gasteiger partial charge in [-0.1, -0.05) is 12.2 Å². The number of allylic oxidation sites excluding steroid dienone is 2. The summed E-state index contributed by atoms with van der Waals surface area (Å²) in [6.45, 7) is 1.19. The molecule has 0 bridgehead atoms. The van der Waals surface area contributed by atoms with Crippen LogP contribution in [0.4, 0.5) is 4.79 Å². The maximum atomic E-state index is 11.4. The summed E-state index contributed by atoms with van der Waals surface area (Å²) in [5, 5.41) is 2.71.